The van der Waals surface area contributed by atoms with Gasteiger partial charge in [-0.25, -0.2) is 13.2 Å². The number of carbonyl (C=O) groups is 1. The Morgan fingerprint density at radius 2 is 2.19 bits per heavy atom. The molecule has 27 heavy (non-hydrogen) atoms. The van der Waals surface area contributed by atoms with Crippen LogP contribution in [0.5, 0.6) is 0 Å². The molecular weight excluding hydrogens is 407 g/mol. The molecule has 1 aromatic carbocycles. The number of halogens is 4. The minimum atomic E-state index is -3.54. The number of nitrogens with zero attached hydrogens (tertiary/aromatic N) is 3. The number of aromatic nitrogens is 2. The van der Waals surface area contributed by atoms with E-state index in [9.17, 15) is 18.0 Å². The van der Waals surface area contributed by atoms with E-state index in [-0.39, 0.29) is 28.4 Å². The molecule has 12 heteroatoms. The van der Waals surface area contributed by atoms with Crippen LogP contribution in [0.2, 0.25) is 4.47 Å². The van der Waals surface area contributed by atoms with Gasteiger partial charge in [-0.1, -0.05) is 0 Å². The predicted molar refractivity (Wildman–Crippen MR) is 94.0 cm³/mol. The van der Waals surface area contributed by atoms with E-state index in [1.807, 2.05) is 0 Å². The van der Waals surface area contributed by atoms with Gasteiger partial charge in [-0.3, -0.25) is 9.79 Å². The molecule has 7 nitrogen and oxygen atoms in total. The fourth-order valence-corrected chi connectivity index (χ4v) is 3.14. The Labute approximate surface area is 160 Å². The van der Waals surface area contributed by atoms with E-state index in [1.165, 1.54) is 6.07 Å². The SMILES string of the molecule is CC1(c2cc(NC(=O)c3nsc(Cl)n3)ccc2F)N=C(N)COCC1(F)F. The molecular formula is C15H13ClF3N5O2S. The van der Waals surface area contributed by atoms with Gasteiger partial charge >= 0.3 is 0 Å². The number of amides is 1. The Kier molecular flexibility index (Phi) is 5.10. The smallest absolute Gasteiger partial charge is 0.299 e. The van der Waals surface area contributed by atoms with Crippen LogP contribution in [0.3, 0.4) is 0 Å². The summed E-state index contributed by atoms with van der Waals surface area (Å²) in [6.07, 6.45) is 0. The molecule has 1 unspecified atom stereocenters. The third-order valence-corrected chi connectivity index (χ3v) is 4.76. The maximum absolute atomic E-state index is 14.6. The standard InChI is InChI=1S/C15H13ClF3N5O2S/c1-14(15(18,19)6-26-5-10(20)23-14)8-4-7(2-3-9(8)17)21-12(25)11-22-13(16)27-24-11/h2-4H,5-6H2,1H3,(H2,20,23)(H,21,25). The first-order valence-electron chi connectivity index (χ1n) is 7.53. The van der Waals surface area contributed by atoms with Crippen molar-refractivity contribution in [3.05, 3.63) is 39.9 Å². The summed E-state index contributed by atoms with van der Waals surface area (Å²) in [4.78, 5) is 19.6. The third kappa shape index (κ3) is 3.75. The number of carbonyl (C=O) groups excluding carboxylic acids is 1. The number of rotatable bonds is 3. The lowest BCUT2D eigenvalue weighted by atomic mass is 9.85. The molecule has 144 valence electrons. The Morgan fingerprint density at radius 1 is 1.44 bits per heavy atom. The monoisotopic (exact) mass is 419 g/mol. The fourth-order valence-electron chi connectivity index (χ4n) is 2.54. The predicted octanol–water partition coefficient (Wildman–Crippen LogP) is 2.82. The van der Waals surface area contributed by atoms with Crippen LogP contribution >= 0.6 is 23.1 Å². The molecule has 0 fully saturated rings. The summed E-state index contributed by atoms with van der Waals surface area (Å²) < 4.78 is 52.3. The largest absolute Gasteiger partial charge is 0.385 e. The van der Waals surface area contributed by atoms with Crippen molar-refractivity contribution >= 4 is 40.6 Å². The van der Waals surface area contributed by atoms with Gasteiger partial charge in [0, 0.05) is 11.3 Å². The topological polar surface area (TPSA) is 102 Å². The van der Waals surface area contributed by atoms with Crippen LogP contribution in [0.25, 0.3) is 0 Å². The molecule has 1 aromatic heterocycles. The highest BCUT2D eigenvalue weighted by Gasteiger charge is 2.54. The zero-order valence-electron chi connectivity index (χ0n) is 13.8. The number of benzene rings is 1. The maximum atomic E-state index is 14.6. The lowest BCUT2D eigenvalue weighted by Crippen LogP contribution is -2.45. The van der Waals surface area contributed by atoms with Gasteiger partial charge in [-0.05, 0) is 48.3 Å². The van der Waals surface area contributed by atoms with Crippen LogP contribution in [0.4, 0.5) is 18.9 Å². The fraction of sp³-hybridized carbons (Fsp3) is 0.333. The van der Waals surface area contributed by atoms with E-state index in [0.717, 1.165) is 30.6 Å². The molecule has 1 aliphatic rings. The summed E-state index contributed by atoms with van der Waals surface area (Å²) in [5.74, 6) is -5.58. The van der Waals surface area contributed by atoms with Crippen LogP contribution in [-0.2, 0) is 10.3 Å². The third-order valence-electron chi connectivity index (χ3n) is 3.97. The Balaban J connectivity index is 1.99. The van der Waals surface area contributed by atoms with Crippen LogP contribution in [0.1, 0.15) is 23.1 Å². The van der Waals surface area contributed by atoms with Crippen molar-refractivity contribution in [2.45, 2.75) is 18.4 Å². The molecule has 0 bridgehead atoms. The van der Waals surface area contributed by atoms with Gasteiger partial charge in [0.25, 0.3) is 11.8 Å². The highest BCUT2D eigenvalue weighted by Crippen LogP contribution is 2.44. The average Bonchev–Trinajstić information content (AvgIpc) is 2.98. The number of anilines is 1. The number of alkyl halides is 2. The molecule has 2 heterocycles. The molecule has 0 aliphatic carbocycles. The number of nitrogens with two attached hydrogens (primary N) is 1. The first-order chi connectivity index (χ1) is 12.6. The van der Waals surface area contributed by atoms with Crippen molar-refractivity contribution in [2.75, 3.05) is 18.5 Å². The molecule has 2 aromatic rings. The quantitative estimate of drug-likeness (QED) is 0.796. The van der Waals surface area contributed by atoms with Gasteiger partial charge in [0.2, 0.25) is 10.3 Å². The summed E-state index contributed by atoms with van der Waals surface area (Å²) in [5, 5.41) is 2.41. The van der Waals surface area contributed by atoms with Crippen molar-refractivity contribution in [1.29, 1.82) is 0 Å². The van der Waals surface area contributed by atoms with E-state index >= 15 is 0 Å². The van der Waals surface area contributed by atoms with Crippen molar-refractivity contribution in [2.24, 2.45) is 10.7 Å². The van der Waals surface area contributed by atoms with Gasteiger partial charge in [-0.2, -0.15) is 9.36 Å². The number of amidine groups is 1. The number of nitrogens with one attached hydrogen (secondary N) is 1. The lowest BCUT2D eigenvalue weighted by molar-refractivity contribution is -0.116. The van der Waals surface area contributed by atoms with Crippen molar-refractivity contribution in [3.8, 4) is 0 Å². The normalized spacial score (nSPS) is 22.0. The Morgan fingerprint density at radius 3 is 2.85 bits per heavy atom. The average molecular weight is 420 g/mol. The van der Waals surface area contributed by atoms with Crippen LogP contribution in [0.15, 0.2) is 23.2 Å². The molecule has 1 atom stereocenters. The van der Waals surface area contributed by atoms with E-state index in [4.69, 9.17) is 22.1 Å². The van der Waals surface area contributed by atoms with Gasteiger partial charge in [-0.15, -0.1) is 0 Å². The number of hydrogen-bond acceptors (Lipinski definition) is 7. The zero-order valence-corrected chi connectivity index (χ0v) is 15.4. The lowest BCUT2D eigenvalue weighted by Gasteiger charge is -2.33. The van der Waals surface area contributed by atoms with E-state index in [0.29, 0.717) is 0 Å². The molecule has 0 spiro atoms. The second-order valence-corrected chi connectivity index (χ2v) is 7.23. The number of hydrogen-bond donors (Lipinski definition) is 2. The molecule has 1 aliphatic heterocycles. The summed E-state index contributed by atoms with van der Waals surface area (Å²) in [6, 6.07) is 3.23. The molecule has 3 rings (SSSR count). The van der Waals surface area contributed by atoms with E-state index in [1.54, 1.807) is 0 Å². The number of aliphatic imine (C=N–C) groups is 1. The van der Waals surface area contributed by atoms with E-state index in [2.05, 4.69) is 19.7 Å². The zero-order chi connectivity index (χ0) is 19.8. The highest BCUT2D eigenvalue weighted by atomic mass is 35.5. The Hall–Kier alpha value is -2.24. The Bertz CT molecular complexity index is 923. The van der Waals surface area contributed by atoms with Crippen LogP contribution < -0.4 is 11.1 Å². The van der Waals surface area contributed by atoms with Gasteiger partial charge in [0.05, 0.1) is 0 Å². The molecule has 0 saturated carbocycles. The summed E-state index contributed by atoms with van der Waals surface area (Å²) in [5.41, 5.74) is 2.88. The second kappa shape index (κ2) is 7.06. The minimum absolute atomic E-state index is 0.0540. The first-order valence-corrected chi connectivity index (χ1v) is 8.68. The maximum Gasteiger partial charge on any atom is 0.299 e. The second-order valence-electron chi connectivity index (χ2n) is 5.89. The summed E-state index contributed by atoms with van der Waals surface area (Å²) in [6.45, 7) is -0.217. The van der Waals surface area contributed by atoms with E-state index < -0.39 is 35.4 Å². The molecule has 1 amide bonds. The molecule has 0 saturated heterocycles. The van der Waals surface area contributed by atoms with Crippen molar-refractivity contribution in [1.82, 2.24) is 9.36 Å². The molecule has 3 N–H and O–H groups in total. The van der Waals surface area contributed by atoms with Gasteiger partial charge in [0.15, 0.2) is 5.54 Å². The van der Waals surface area contributed by atoms with Crippen LogP contribution in [0, 0.1) is 5.82 Å². The highest BCUT2D eigenvalue weighted by molar-refractivity contribution is 7.10. The van der Waals surface area contributed by atoms with Crippen molar-refractivity contribution in [3.63, 3.8) is 0 Å². The van der Waals surface area contributed by atoms with Crippen LogP contribution in [-0.4, -0.2) is 40.2 Å². The van der Waals surface area contributed by atoms with Gasteiger partial charge in [0.1, 0.15) is 24.9 Å². The summed E-state index contributed by atoms with van der Waals surface area (Å²) >= 11 is 6.44. The molecule has 0 radical (unpaired) electrons. The van der Waals surface area contributed by atoms with Crippen molar-refractivity contribution < 1.29 is 22.7 Å². The first kappa shape index (κ1) is 19.5. The number of ether oxygens (including phenoxy) is 1. The minimum Gasteiger partial charge on any atom is -0.385 e. The van der Waals surface area contributed by atoms with Gasteiger partial charge < -0.3 is 15.8 Å². The summed E-state index contributed by atoms with van der Waals surface area (Å²) in [7, 11) is 0.